The fraction of sp³-hybridized carbons (Fsp3) is 0.381. The van der Waals surface area contributed by atoms with Crippen molar-refractivity contribution in [2.24, 2.45) is 0 Å². The molecule has 2 aromatic rings. The highest BCUT2D eigenvalue weighted by atomic mass is 32.2. The first-order valence-electron chi connectivity index (χ1n) is 9.45. The van der Waals surface area contributed by atoms with Crippen molar-refractivity contribution in [1.29, 1.82) is 0 Å². The highest BCUT2D eigenvalue weighted by Crippen LogP contribution is 2.27. The van der Waals surface area contributed by atoms with Gasteiger partial charge in [0.05, 0.1) is 26.4 Å². The van der Waals surface area contributed by atoms with Gasteiger partial charge in [-0.1, -0.05) is 30.3 Å². The molecule has 8 heteroatoms. The molecule has 1 aliphatic heterocycles. The van der Waals surface area contributed by atoms with Crippen LogP contribution in [0.25, 0.3) is 0 Å². The van der Waals surface area contributed by atoms with Gasteiger partial charge in [0, 0.05) is 19.6 Å². The van der Waals surface area contributed by atoms with Gasteiger partial charge in [-0.3, -0.25) is 4.79 Å². The molecule has 0 aliphatic carbocycles. The third kappa shape index (κ3) is 5.27. The molecule has 2 aromatic carbocycles. The zero-order valence-corrected chi connectivity index (χ0v) is 17.5. The van der Waals surface area contributed by atoms with Crippen molar-refractivity contribution in [3.8, 4) is 11.5 Å². The van der Waals surface area contributed by atoms with Gasteiger partial charge >= 0.3 is 0 Å². The molecule has 0 radical (unpaired) electrons. The van der Waals surface area contributed by atoms with E-state index in [0.29, 0.717) is 31.0 Å². The summed E-state index contributed by atoms with van der Waals surface area (Å²) in [5.41, 5.74) is 3.00. The SMILES string of the molecule is COc1ccc(CC(=O)NCCS(=O)(=O)N2CCc3ccccc3C2)cc1OC. The van der Waals surface area contributed by atoms with Crippen LogP contribution in [0.15, 0.2) is 42.5 Å². The normalized spacial score (nSPS) is 14.1. The Morgan fingerprint density at radius 1 is 1.07 bits per heavy atom. The van der Waals surface area contributed by atoms with Crippen molar-refractivity contribution in [1.82, 2.24) is 9.62 Å². The summed E-state index contributed by atoms with van der Waals surface area (Å²) in [6, 6.07) is 13.1. The van der Waals surface area contributed by atoms with Crippen LogP contribution in [-0.4, -0.2) is 51.7 Å². The lowest BCUT2D eigenvalue weighted by Gasteiger charge is -2.28. The summed E-state index contributed by atoms with van der Waals surface area (Å²) < 4.78 is 37.2. The van der Waals surface area contributed by atoms with Crippen LogP contribution >= 0.6 is 0 Å². The molecule has 0 fully saturated rings. The van der Waals surface area contributed by atoms with Gasteiger partial charge in [0.25, 0.3) is 0 Å². The van der Waals surface area contributed by atoms with Crippen LogP contribution in [0.2, 0.25) is 0 Å². The first kappa shape index (κ1) is 21.1. The van der Waals surface area contributed by atoms with Gasteiger partial charge in [0.15, 0.2) is 11.5 Å². The van der Waals surface area contributed by atoms with E-state index in [9.17, 15) is 13.2 Å². The number of hydrogen-bond acceptors (Lipinski definition) is 5. The number of benzene rings is 2. The lowest BCUT2D eigenvalue weighted by molar-refractivity contribution is -0.120. The average Bonchev–Trinajstić information content (AvgIpc) is 2.73. The number of hydrogen-bond donors (Lipinski definition) is 1. The standard InChI is InChI=1S/C21H26N2O5S/c1-27-19-8-7-16(13-20(19)28-2)14-21(24)22-10-12-29(25,26)23-11-9-17-5-3-4-6-18(17)15-23/h3-8,13H,9-12,14-15H2,1-2H3,(H,22,24). The fourth-order valence-corrected chi connectivity index (χ4v) is 4.72. The van der Waals surface area contributed by atoms with Gasteiger partial charge in [0.2, 0.25) is 15.9 Å². The number of fused-ring (bicyclic) bond motifs is 1. The van der Waals surface area contributed by atoms with Crippen molar-refractivity contribution >= 4 is 15.9 Å². The molecular formula is C21H26N2O5S. The summed E-state index contributed by atoms with van der Waals surface area (Å²) >= 11 is 0. The summed E-state index contributed by atoms with van der Waals surface area (Å²) in [4.78, 5) is 12.2. The predicted molar refractivity (Wildman–Crippen MR) is 111 cm³/mol. The number of amides is 1. The van der Waals surface area contributed by atoms with E-state index < -0.39 is 10.0 Å². The Morgan fingerprint density at radius 2 is 1.79 bits per heavy atom. The van der Waals surface area contributed by atoms with Crippen LogP contribution in [0.4, 0.5) is 0 Å². The lowest BCUT2D eigenvalue weighted by Crippen LogP contribution is -2.40. The molecule has 29 heavy (non-hydrogen) atoms. The van der Waals surface area contributed by atoms with Crippen LogP contribution in [-0.2, 0) is 34.2 Å². The average molecular weight is 419 g/mol. The molecule has 0 unspecified atom stereocenters. The summed E-state index contributed by atoms with van der Waals surface area (Å²) in [5, 5.41) is 2.69. The maximum absolute atomic E-state index is 12.6. The molecule has 0 aromatic heterocycles. The summed E-state index contributed by atoms with van der Waals surface area (Å²) in [5.74, 6) is 0.778. The Kier molecular flexibility index (Phi) is 6.76. The van der Waals surface area contributed by atoms with E-state index in [0.717, 1.165) is 11.1 Å². The van der Waals surface area contributed by atoms with E-state index in [1.807, 2.05) is 24.3 Å². The molecule has 0 spiro atoms. The Labute approximate surface area is 171 Å². The number of nitrogens with one attached hydrogen (secondary N) is 1. The molecule has 1 heterocycles. The molecule has 7 nitrogen and oxygen atoms in total. The zero-order chi connectivity index (χ0) is 20.9. The molecule has 1 N–H and O–H groups in total. The fourth-order valence-electron chi connectivity index (χ4n) is 3.39. The van der Waals surface area contributed by atoms with Crippen molar-refractivity contribution in [3.63, 3.8) is 0 Å². The van der Waals surface area contributed by atoms with Crippen LogP contribution < -0.4 is 14.8 Å². The van der Waals surface area contributed by atoms with Crippen LogP contribution in [0.5, 0.6) is 11.5 Å². The van der Waals surface area contributed by atoms with E-state index in [2.05, 4.69) is 5.32 Å². The zero-order valence-electron chi connectivity index (χ0n) is 16.7. The minimum Gasteiger partial charge on any atom is -0.493 e. The second kappa shape index (κ2) is 9.28. The Morgan fingerprint density at radius 3 is 2.52 bits per heavy atom. The van der Waals surface area contributed by atoms with E-state index in [-0.39, 0.29) is 24.6 Å². The van der Waals surface area contributed by atoms with Crippen LogP contribution in [0, 0.1) is 0 Å². The van der Waals surface area contributed by atoms with Gasteiger partial charge < -0.3 is 14.8 Å². The van der Waals surface area contributed by atoms with Crippen molar-refractivity contribution in [2.75, 3.05) is 33.1 Å². The smallest absolute Gasteiger partial charge is 0.224 e. The van der Waals surface area contributed by atoms with Crippen molar-refractivity contribution in [3.05, 3.63) is 59.2 Å². The number of nitrogens with zero attached hydrogens (tertiary/aromatic N) is 1. The maximum Gasteiger partial charge on any atom is 0.224 e. The van der Waals surface area contributed by atoms with Gasteiger partial charge in [-0.25, -0.2) is 8.42 Å². The molecule has 0 saturated heterocycles. The molecular weight excluding hydrogens is 392 g/mol. The number of methoxy groups -OCH3 is 2. The molecule has 0 saturated carbocycles. The Hall–Kier alpha value is -2.58. The largest absolute Gasteiger partial charge is 0.493 e. The molecule has 1 amide bonds. The number of carbonyl (C=O) groups is 1. The number of sulfonamides is 1. The van der Waals surface area contributed by atoms with Crippen LogP contribution in [0.1, 0.15) is 16.7 Å². The summed E-state index contributed by atoms with van der Waals surface area (Å²) in [7, 11) is -0.352. The molecule has 3 rings (SSSR count). The van der Waals surface area contributed by atoms with E-state index >= 15 is 0 Å². The summed E-state index contributed by atoms with van der Waals surface area (Å²) in [6.07, 6.45) is 0.846. The van der Waals surface area contributed by atoms with E-state index in [1.54, 1.807) is 25.3 Å². The second-order valence-electron chi connectivity index (χ2n) is 6.88. The Balaban J connectivity index is 1.51. The third-order valence-electron chi connectivity index (χ3n) is 4.98. The predicted octanol–water partition coefficient (Wildman–Crippen LogP) is 1.75. The lowest BCUT2D eigenvalue weighted by atomic mass is 10.0. The van der Waals surface area contributed by atoms with Gasteiger partial charge in [-0.15, -0.1) is 0 Å². The number of ether oxygens (including phenoxy) is 2. The van der Waals surface area contributed by atoms with Crippen molar-refractivity contribution in [2.45, 2.75) is 19.4 Å². The monoisotopic (exact) mass is 418 g/mol. The number of rotatable bonds is 8. The van der Waals surface area contributed by atoms with Crippen LogP contribution in [0.3, 0.4) is 0 Å². The number of carbonyl (C=O) groups excluding carboxylic acids is 1. The molecule has 0 atom stereocenters. The minimum atomic E-state index is -3.43. The molecule has 156 valence electrons. The third-order valence-corrected chi connectivity index (χ3v) is 6.80. The molecule has 1 aliphatic rings. The first-order chi connectivity index (χ1) is 13.9. The van der Waals surface area contributed by atoms with Crippen molar-refractivity contribution < 1.29 is 22.7 Å². The van der Waals surface area contributed by atoms with Gasteiger partial charge in [0.1, 0.15) is 0 Å². The highest BCUT2D eigenvalue weighted by Gasteiger charge is 2.26. The molecule has 0 bridgehead atoms. The topological polar surface area (TPSA) is 84.9 Å². The summed E-state index contributed by atoms with van der Waals surface area (Å²) in [6.45, 7) is 0.934. The van der Waals surface area contributed by atoms with E-state index in [4.69, 9.17) is 9.47 Å². The first-order valence-corrected chi connectivity index (χ1v) is 11.1. The highest BCUT2D eigenvalue weighted by molar-refractivity contribution is 7.89. The van der Waals surface area contributed by atoms with E-state index in [1.165, 1.54) is 17.0 Å². The Bertz CT molecular complexity index is 975. The quantitative estimate of drug-likeness (QED) is 0.706. The maximum atomic E-state index is 12.6. The van der Waals surface area contributed by atoms with Gasteiger partial charge in [-0.2, -0.15) is 4.31 Å². The second-order valence-corrected chi connectivity index (χ2v) is 8.97. The minimum absolute atomic E-state index is 0.0760. The van der Waals surface area contributed by atoms with Gasteiger partial charge in [-0.05, 0) is 35.2 Å².